The van der Waals surface area contributed by atoms with E-state index in [4.69, 9.17) is 19.0 Å². The molecule has 0 radical (unpaired) electrons. The molecule has 0 amide bonds. The molecule has 0 bridgehead atoms. The first kappa shape index (κ1) is 27.1. The molecule has 10 heteroatoms. The second kappa shape index (κ2) is 11.4. The number of halogens is 1. The van der Waals surface area contributed by atoms with Crippen LogP contribution in [0, 0.1) is 19.7 Å². The van der Waals surface area contributed by atoms with E-state index in [9.17, 15) is 14.0 Å². The molecule has 214 valence electrons. The summed E-state index contributed by atoms with van der Waals surface area (Å²) >= 11 is 0. The molecule has 2 aromatic heterocycles. The van der Waals surface area contributed by atoms with Gasteiger partial charge in [-0.3, -0.25) is 9.36 Å². The third-order valence-electron chi connectivity index (χ3n) is 8.18. The molecule has 2 aromatic carbocycles. The fourth-order valence-electron chi connectivity index (χ4n) is 5.99. The molecule has 1 saturated heterocycles. The Balaban J connectivity index is 1.08. The zero-order chi connectivity index (χ0) is 28.5. The van der Waals surface area contributed by atoms with Crippen molar-refractivity contribution in [2.45, 2.75) is 64.5 Å². The molecular weight excluding hydrogens is 527 g/mol. The number of carbonyl (C=O) groups is 1. The Morgan fingerprint density at radius 2 is 1.93 bits per heavy atom. The lowest BCUT2D eigenvalue weighted by Gasteiger charge is -2.31. The molecule has 0 saturated carbocycles. The lowest BCUT2D eigenvalue weighted by molar-refractivity contribution is 0.0401. The van der Waals surface area contributed by atoms with E-state index in [1.54, 1.807) is 22.8 Å². The molecule has 2 aliphatic rings. The molecule has 2 aliphatic heterocycles. The van der Waals surface area contributed by atoms with E-state index < -0.39 is 12.3 Å². The molecule has 0 spiro atoms. The average Bonchev–Trinajstić information content (AvgIpc) is 3.37. The van der Waals surface area contributed by atoms with E-state index in [-0.39, 0.29) is 17.3 Å². The van der Waals surface area contributed by atoms with Crippen molar-refractivity contribution in [1.29, 1.82) is 0 Å². The van der Waals surface area contributed by atoms with Crippen molar-refractivity contribution in [1.82, 2.24) is 19.6 Å². The van der Waals surface area contributed by atoms with E-state index in [1.165, 1.54) is 12.1 Å². The molecular formula is C31H33FN4O5. The van der Waals surface area contributed by atoms with Crippen LogP contribution in [-0.2, 0) is 17.7 Å². The van der Waals surface area contributed by atoms with Gasteiger partial charge in [-0.2, -0.15) is 0 Å². The Kier molecular flexibility index (Phi) is 7.57. The summed E-state index contributed by atoms with van der Waals surface area (Å²) in [5.41, 5.74) is 3.65. The van der Waals surface area contributed by atoms with Crippen LogP contribution in [0.15, 0.2) is 51.8 Å². The van der Waals surface area contributed by atoms with Crippen molar-refractivity contribution in [3.8, 4) is 5.75 Å². The maximum Gasteiger partial charge on any atom is 0.514 e. The largest absolute Gasteiger partial charge is 0.514 e. The predicted octanol–water partition coefficient (Wildman–Crippen LogP) is 5.61. The Labute approximate surface area is 236 Å². The third kappa shape index (κ3) is 5.74. The van der Waals surface area contributed by atoms with Crippen LogP contribution in [0.5, 0.6) is 5.75 Å². The van der Waals surface area contributed by atoms with Gasteiger partial charge in [0, 0.05) is 41.7 Å². The second-order valence-corrected chi connectivity index (χ2v) is 11.0. The lowest BCUT2D eigenvalue weighted by atomic mass is 9.91. The molecule has 0 aliphatic carbocycles. The standard InChI is InChI=1S/C31H33FN4O5/c1-19-5-3-6-23(17-19)39-31(38)40-26-7-4-13-36-29(26)33-20(2)24(30(36)37)12-16-35-14-10-21(11-15-35)28-25-9-8-22(32)18-27(25)41-34-28/h3,5-6,8-9,17-18,21,26H,4,7,10-16H2,1-2H3. The smallest absolute Gasteiger partial charge is 0.422 e. The number of carbonyl (C=O) groups excluding carboxylic acids is 1. The third-order valence-corrected chi connectivity index (χ3v) is 8.18. The normalized spacial score (nSPS) is 17.9. The summed E-state index contributed by atoms with van der Waals surface area (Å²) in [6, 6.07) is 11.7. The Bertz CT molecular complexity index is 1640. The molecule has 4 aromatic rings. The Hall–Kier alpha value is -4.05. The number of likely N-dealkylation sites (tertiary alicyclic amines) is 1. The van der Waals surface area contributed by atoms with Crippen LogP contribution in [0.4, 0.5) is 9.18 Å². The van der Waals surface area contributed by atoms with E-state index >= 15 is 0 Å². The molecule has 9 nitrogen and oxygen atoms in total. The number of rotatable bonds is 6. The number of ether oxygens (including phenoxy) is 2. The first-order chi connectivity index (χ1) is 19.9. The van der Waals surface area contributed by atoms with Gasteiger partial charge in [-0.25, -0.2) is 14.2 Å². The number of fused-ring (bicyclic) bond motifs is 2. The molecule has 1 unspecified atom stereocenters. The van der Waals surface area contributed by atoms with Gasteiger partial charge < -0.3 is 18.9 Å². The van der Waals surface area contributed by atoms with Crippen molar-refractivity contribution in [2.75, 3.05) is 19.6 Å². The number of nitrogens with zero attached hydrogens (tertiary/aromatic N) is 4. The number of hydrogen-bond donors (Lipinski definition) is 0. The van der Waals surface area contributed by atoms with Gasteiger partial charge in [-0.15, -0.1) is 0 Å². The van der Waals surface area contributed by atoms with Crippen LogP contribution in [-0.4, -0.2) is 45.4 Å². The average molecular weight is 561 g/mol. The predicted molar refractivity (Wildman–Crippen MR) is 150 cm³/mol. The van der Waals surface area contributed by atoms with Crippen LogP contribution in [0.3, 0.4) is 0 Å². The maximum atomic E-state index is 13.5. The minimum atomic E-state index is -0.806. The van der Waals surface area contributed by atoms with Crippen molar-refractivity contribution in [2.24, 2.45) is 0 Å². The van der Waals surface area contributed by atoms with Crippen LogP contribution in [0.2, 0.25) is 0 Å². The molecule has 6 rings (SSSR count). The monoisotopic (exact) mass is 560 g/mol. The first-order valence-corrected chi connectivity index (χ1v) is 14.2. The highest BCUT2D eigenvalue weighted by atomic mass is 19.1. The fraction of sp³-hybridized carbons (Fsp3) is 0.419. The fourth-order valence-corrected chi connectivity index (χ4v) is 5.99. The van der Waals surface area contributed by atoms with Crippen LogP contribution in [0.25, 0.3) is 11.0 Å². The van der Waals surface area contributed by atoms with Crippen molar-refractivity contribution in [3.05, 3.63) is 87.0 Å². The highest BCUT2D eigenvalue weighted by molar-refractivity contribution is 5.79. The molecule has 0 N–H and O–H groups in total. The van der Waals surface area contributed by atoms with Gasteiger partial charge in [-0.05, 0) is 88.9 Å². The van der Waals surface area contributed by atoms with E-state index in [0.29, 0.717) is 54.2 Å². The minimum absolute atomic E-state index is 0.0657. The van der Waals surface area contributed by atoms with E-state index in [1.807, 2.05) is 26.0 Å². The SMILES string of the molecule is Cc1cccc(OC(=O)OC2CCCn3c2nc(C)c(CCN2CCC(c4noc5cc(F)ccc45)CC2)c3=O)c1. The summed E-state index contributed by atoms with van der Waals surface area (Å²) in [5.74, 6) is 0.813. The summed E-state index contributed by atoms with van der Waals surface area (Å²) in [6.45, 7) is 6.80. The zero-order valence-electron chi connectivity index (χ0n) is 23.3. The van der Waals surface area contributed by atoms with Crippen molar-refractivity contribution < 1.29 is 23.2 Å². The van der Waals surface area contributed by atoms with Gasteiger partial charge in [0.15, 0.2) is 17.5 Å². The summed E-state index contributed by atoms with van der Waals surface area (Å²) in [7, 11) is 0. The summed E-state index contributed by atoms with van der Waals surface area (Å²) in [5, 5.41) is 5.11. The Morgan fingerprint density at radius 3 is 2.73 bits per heavy atom. The van der Waals surface area contributed by atoms with Gasteiger partial charge in [0.2, 0.25) is 0 Å². The second-order valence-electron chi connectivity index (χ2n) is 11.0. The lowest BCUT2D eigenvalue weighted by Crippen LogP contribution is -2.38. The zero-order valence-corrected chi connectivity index (χ0v) is 23.3. The molecule has 41 heavy (non-hydrogen) atoms. The Morgan fingerprint density at radius 1 is 1.10 bits per heavy atom. The topological polar surface area (TPSA) is 99.7 Å². The van der Waals surface area contributed by atoms with Crippen LogP contribution >= 0.6 is 0 Å². The van der Waals surface area contributed by atoms with Gasteiger partial charge in [0.25, 0.3) is 5.56 Å². The quantitative estimate of drug-likeness (QED) is 0.222. The summed E-state index contributed by atoms with van der Waals surface area (Å²) in [6.07, 6.45) is 2.27. The highest BCUT2D eigenvalue weighted by Gasteiger charge is 2.30. The number of benzene rings is 2. The van der Waals surface area contributed by atoms with Gasteiger partial charge in [0.1, 0.15) is 11.6 Å². The minimum Gasteiger partial charge on any atom is -0.422 e. The number of piperidine rings is 1. The van der Waals surface area contributed by atoms with Crippen LogP contribution < -0.4 is 10.3 Å². The number of hydrogen-bond acceptors (Lipinski definition) is 8. The number of aromatic nitrogens is 3. The van der Waals surface area contributed by atoms with Crippen molar-refractivity contribution in [3.63, 3.8) is 0 Å². The molecule has 1 fully saturated rings. The van der Waals surface area contributed by atoms with E-state index in [0.717, 1.165) is 49.1 Å². The summed E-state index contributed by atoms with van der Waals surface area (Å²) in [4.78, 5) is 33.1. The van der Waals surface area contributed by atoms with Crippen molar-refractivity contribution >= 4 is 17.1 Å². The molecule has 1 atom stereocenters. The van der Waals surface area contributed by atoms with Crippen LogP contribution in [0.1, 0.15) is 66.0 Å². The van der Waals surface area contributed by atoms with Gasteiger partial charge in [0.05, 0.1) is 5.69 Å². The maximum absolute atomic E-state index is 13.5. The van der Waals surface area contributed by atoms with Gasteiger partial charge in [-0.1, -0.05) is 17.3 Å². The number of aryl methyl sites for hydroxylation is 2. The molecule has 4 heterocycles. The van der Waals surface area contributed by atoms with E-state index in [2.05, 4.69) is 10.1 Å². The van der Waals surface area contributed by atoms with Gasteiger partial charge >= 0.3 is 6.16 Å². The first-order valence-electron chi connectivity index (χ1n) is 14.2. The summed E-state index contributed by atoms with van der Waals surface area (Å²) < 4.78 is 31.5. The highest BCUT2D eigenvalue weighted by Crippen LogP contribution is 2.33.